The van der Waals surface area contributed by atoms with E-state index >= 15 is 0 Å². The van der Waals surface area contributed by atoms with Crippen LogP contribution in [-0.2, 0) is 23.9 Å². The van der Waals surface area contributed by atoms with Gasteiger partial charge in [-0.05, 0) is 37.2 Å². The Morgan fingerprint density at radius 3 is 2.53 bits per heavy atom. The zero-order valence-electron chi connectivity index (χ0n) is 18.9. The Hall–Kier alpha value is -1.49. The van der Waals surface area contributed by atoms with Crippen molar-refractivity contribution in [1.29, 1.82) is 0 Å². The lowest BCUT2D eigenvalue weighted by atomic mass is 9.52. The topological polar surface area (TPSA) is 73.0 Å². The lowest BCUT2D eigenvalue weighted by Crippen LogP contribution is -2.60. The molecule has 3 rings (SSSR count). The van der Waals surface area contributed by atoms with E-state index < -0.39 is 17.6 Å². The Morgan fingerprint density at radius 1 is 1.20 bits per heavy atom. The van der Waals surface area contributed by atoms with Gasteiger partial charge in [-0.3, -0.25) is 14.4 Å². The number of Topliss-reactive ketones (excluding diaryl/α,β-unsaturated/α-hetero) is 1. The third-order valence-corrected chi connectivity index (χ3v) is 8.05. The number of rotatable bonds is 11. The maximum atomic E-state index is 12.9. The number of hydrogen-bond donors (Lipinski definition) is 0. The van der Waals surface area contributed by atoms with Gasteiger partial charge in [0.15, 0.2) is 11.9 Å². The number of esters is 1. The van der Waals surface area contributed by atoms with E-state index in [1.807, 2.05) is 0 Å². The number of allylic oxidation sites excluding steroid dienone is 1. The summed E-state index contributed by atoms with van der Waals surface area (Å²) in [6, 6.07) is 0. The first-order valence-electron chi connectivity index (χ1n) is 11.9. The van der Waals surface area contributed by atoms with Crippen molar-refractivity contribution in [2.75, 3.05) is 0 Å². The van der Waals surface area contributed by atoms with Gasteiger partial charge in [0.05, 0.1) is 0 Å². The summed E-state index contributed by atoms with van der Waals surface area (Å²) in [6.07, 6.45) is 10.4. The molecule has 1 spiro atoms. The highest BCUT2D eigenvalue weighted by Crippen LogP contribution is 2.67. The third-order valence-electron chi connectivity index (χ3n) is 8.05. The molecule has 0 unspecified atom stereocenters. The van der Waals surface area contributed by atoms with Crippen molar-refractivity contribution in [2.45, 2.75) is 109 Å². The minimum Gasteiger partial charge on any atom is -0.459 e. The van der Waals surface area contributed by atoms with Gasteiger partial charge in [0, 0.05) is 17.8 Å². The molecule has 1 saturated heterocycles. The lowest BCUT2D eigenvalue weighted by Gasteiger charge is -2.51. The van der Waals surface area contributed by atoms with Crippen molar-refractivity contribution in [2.24, 2.45) is 17.3 Å². The van der Waals surface area contributed by atoms with Gasteiger partial charge in [-0.2, -0.15) is 0 Å². The molecule has 168 valence electrons. The van der Waals surface area contributed by atoms with Crippen LogP contribution in [-0.4, -0.2) is 35.8 Å². The molecule has 0 N–H and O–H groups in total. The van der Waals surface area contributed by atoms with E-state index in [-0.39, 0.29) is 23.3 Å². The predicted molar refractivity (Wildman–Crippen MR) is 115 cm³/mol. The SMILES string of the molecule is C=C(C=O)[C@H]1C[C@@]2(C)[C@H](C)CC[C@H](OC(=O)CCCCCCCCC)[C@@]23O[C@H]3C1=O. The number of carbonyl (C=O) groups is 3. The van der Waals surface area contributed by atoms with Gasteiger partial charge in [-0.25, -0.2) is 0 Å². The van der Waals surface area contributed by atoms with E-state index in [4.69, 9.17) is 9.47 Å². The molecule has 3 aliphatic rings. The van der Waals surface area contributed by atoms with Crippen LogP contribution in [0.3, 0.4) is 0 Å². The molecule has 2 aliphatic carbocycles. The van der Waals surface area contributed by atoms with Crippen LogP contribution in [0, 0.1) is 17.3 Å². The van der Waals surface area contributed by atoms with Gasteiger partial charge in [-0.1, -0.05) is 65.9 Å². The van der Waals surface area contributed by atoms with E-state index in [2.05, 4.69) is 27.4 Å². The molecular weight excluding hydrogens is 380 g/mol. The van der Waals surface area contributed by atoms with Gasteiger partial charge in [0.25, 0.3) is 0 Å². The quantitative estimate of drug-likeness (QED) is 0.156. The Labute approximate surface area is 181 Å². The zero-order chi connectivity index (χ0) is 21.9. The molecule has 0 radical (unpaired) electrons. The van der Waals surface area contributed by atoms with Gasteiger partial charge in [-0.15, -0.1) is 0 Å². The highest BCUT2D eigenvalue weighted by atomic mass is 16.7. The van der Waals surface area contributed by atoms with Crippen molar-refractivity contribution >= 4 is 18.0 Å². The molecule has 0 aromatic carbocycles. The highest BCUT2D eigenvalue weighted by molar-refractivity contribution is 5.97. The average molecular weight is 419 g/mol. The minimum absolute atomic E-state index is 0.0770. The maximum Gasteiger partial charge on any atom is 0.306 e. The largest absolute Gasteiger partial charge is 0.459 e. The Kier molecular flexibility index (Phi) is 7.21. The van der Waals surface area contributed by atoms with Crippen LogP contribution in [0.15, 0.2) is 12.2 Å². The first-order valence-corrected chi connectivity index (χ1v) is 11.9. The molecule has 5 nitrogen and oxygen atoms in total. The lowest BCUT2D eigenvalue weighted by molar-refractivity contribution is -0.167. The molecule has 3 fully saturated rings. The molecule has 2 saturated carbocycles. The van der Waals surface area contributed by atoms with Crippen LogP contribution >= 0.6 is 0 Å². The molecule has 0 amide bonds. The summed E-state index contributed by atoms with van der Waals surface area (Å²) in [5.41, 5.74) is -0.711. The number of ketones is 1. The molecule has 0 aromatic heterocycles. The third kappa shape index (κ3) is 4.02. The standard InChI is InChI=1S/C25H38O5/c1-5-6-7-8-9-10-11-12-21(27)29-20-14-13-18(3)24(4)15-19(17(2)16-26)22(28)23-25(20,24)30-23/h16,18-20,23H,2,5-15H2,1,3-4H3/t18-,19-,20+,23+,24+,25+/m1/s1. The van der Waals surface area contributed by atoms with Crippen molar-refractivity contribution in [3.05, 3.63) is 12.2 Å². The van der Waals surface area contributed by atoms with Crippen molar-refractivity contribution in [3.8, 4) is 0 Å². The molecular formula is C25H38O5. The number of aldehydes is 1. The van der Waals surface area contributed by atoms with E-state index in [1.54, 1.807) is 0 Å². The summed E-state index contributed by atoms with van der Waals surface area (Å²) in [7, 11) is 0. The van der Waals surface area contributed by atoms with Crippen LogP contribution in [0.2, 0.25) is 0 Å². The second-order valence-electron chi connectivity index (χ2n) is 9.89. The van der Waals surface area contributed by atoms with Crippen LogP contribution in [0.1, 0.15) is 91.4 Å². The average Bonchev–Trinajstić information content (AvgIpc) is 3.49. The number of ether oxygens (including phenoxy) is 2. The first kappa shape index (κ1) is 23.2. The Balaban J connectivity index is 1.59. The van der Waals surface area contributed by atoms with Crippen molar-refractivity contribution in [1.82, 2.24) is 0 Å². The fourth-order valence-corrected chi connectivity index (χ4v) is 5.85. The van der Waals surface area contributed by atoms with Crippen molar-refractivity contribution in [3.63, 3.8) is 0 Å². The smallest absolute Gasteiger partial charge is 0.306 e. The summed E-state index contributed by atoms with van der Waals surface area (Å²) in [6.45, 7) is 10.3. The highest BCUT2D eigenvalue weighted by Gasteiger charge is 2.80. The van der Waals surface area contributed by atoms with Gasteiger partial charge in [0.1, 0.15) is 18.0 Å². The zero-order valence-corrected chi connectivity index (χ0v) is 18.9. The predicted octanol–water partition coefficient (Wildman–Crippen LogP) is 4.96. The maximum absolute atomic E-state index is 12.9. The fraction of sp³-hybridized carbons (Fsp3) is 0.800. The summed E-state index contributed by atoms with van der Waals surface area (Å²) >= 11 is 0. The number of hydrogen-bond acceptors (Lipinski definition) is 5. The number of carbonyl (C=O) groups excluding carboxylic acids is 3. The minimum atomic E-state index is -0.725. The van der Waals surface area contributed by atoms with Crippen LogP contribution < -0.4 is 0 Å². The summed E-state index contributed by atoms with van der Waals surface area (Å²) in [5, 5.41) is 0. The van der Waals surface area contributed by atoms with Crippen LogP contribution in [0.5, 0.6) is 0 Å². The molecule has 5 heteroatoms. The van der Waals surface area contributed by atoms with E-state index in [0.29, 0.717) is 30.6 Å². The summed E-state index contributed by atoms with van der Waals surface area (Å²) < 4.78 is 12.0. The number of epoxide rings is 1. The van der Waals surface area contributed by atoms with Gasteiger partial charge >= 0.3 is 5.97 Å². The fourth-order valence-electron chi connectivity index (χ4n) is 5.85. The molecule has 0 aromatic rings. The second kappa shape index (κ2) is 9.33. The molecule has 30 heavy (non-hydrogen) atoms. The first-order chi connectivity index (χ1) is 14.3. The second-order valence-corrected chi connectivity index (χ2v) is 9.89. The van der Waals surface area contributed by atoms with Gasteiger partial charge in [0.2, 0.25) is 0 Å². The van der Waals surface area contributed by atoms with E-state index in [0.717, 1.165) is 32.1 Å². The van der Waals surface area contributed by atoms with Gasteiger partial charge < -0.3 is 9.47 Å². The molecule has 0 bridgehead atoms. The molecule has 6 atom stereocenters. The normalized spacial score (nSPS) is 37.1. The Morgan fingerprint density at radius 2 is 1.87 bits per heavy atom. The molecule has 1 aliphatic heterocycles. The summed E-state index contributed by atoms with van der Waals surface area (Å²) in [4.78, 5) is 36.7. The van der Waals surface area contributed by atoms with Crippen LogP contribution in [0.4, 0.5) is 0 Å². The monoisotopic (exact) mass is 418 g/mol. The van der Waals surface area contributed by atoms with E-state index in [9.17, 15) is 14.4 Å². The van der Waals surface area contributed by atoms with E-state index in [1.165, 1.54) is 25.7 Å². The number of unbranched alkanes of at least 4 members (excludes halogenated alkanes) is 6. The van der Waals surface area contributed by atoms with Crippen molar-refractivity contribution < 1.29 is 23.9 Å². The molecule has 1 heterocycles. The van der Waals surface area contributed by atoms with Crippen LogP contribution in [0.25, 0.3) is 0 Å². The Bertz CT molecular complexity index is 685. The summed E-state index contributed by atoms with van der Waals surface area (Å²) in [5.74, 6) is -0.430.